The fourth-order valence-corrected chi connectivity index (χ4v) is 2.80. The first kappa shape index (κ1) is 13.6. The first-order chi connectivity index (χ1) is 7.76. The van der Waals surface area contributed by atoms with Crippen LogP contribution >= 0.6 is 0 Å². The van der Waals surface area contributed by atoms with Crippen molar-refractivity contribution >= 4 is 9.84 Å². The molecule has 1 aromatic rings. The van der Waals surface area contributed by atoms with Crippen LogP contribution in [-0.2, 0) is 9.84 Å². The predicted molar refractivity (Wildman–Crippen MR) is 64.2 cm³/mol. The molecular formula is C11H15NO4S. The minimum Gasteiger partial charge on any atom is -0.264 e. The molecule has 17 heavy (non-hydrogen) atoms. The lowest BCUT2D eigenvalue weighted by molar-refractivity contribution is -0.560. The van der Waals surface area contributed by atoms with Crippen LogP contribution in [0.3, 0.4) is 0 Å². The topological polar surface area (TPSA) is 77.3 Å². The summed E-state index contributed by atoms with van der Waals surface area (Å²) in [5.41, 5.74) is -1.22. The van der Waals surface area contributed by atoms with E-state index in [0.717, 1.165) is 0 Å². The number of benzene rings is 1. The van der Waals surface area contributed by atoms with E-state index in [1.165, 1.54) is 26.0 Å². The largest absolute Gasteiger partial charge is 0.264 e. The van der Waals surface area contributed by atoms with Gasteiger partial charge in [-0.15, -0.1) is 0 Å². The maximum absolute atomic E-state index is 11.9. The highest BCUT2D eigenvalue weighted by Crippen LogP contribution is 2.18. The third kappa shape index (κ3) is 3.52. The molecular weight excluding hydrogens is 242 g/mol. The summed E-state index contributed by atoms with van der Waals surface area (Å²) in [4.78, 5) is 10.4. The van der Waals surface area contributed by atoms with Crippen molar-refractivity contribution < 1.29 is 13.3 Å². The van der Waals surface area contributed by atoms with Gasteiger partial charge in [0.1, 0.15) is 0 Å². The maximum Gasteiger partial charge on any atom is 0.217 e. The van der Waals surface area contributed by atoms with Gasteiger partial charge in [-0.05, 0) is 12.1 Å². The van der Waals surface area contributed by atoms with Gasteiger partial charge in [-0.1, -0.05) is 18.2 Å². The molecule has 0 saturated carbocycles. The Kier molecular flexibility index (Phi) is 3.87. The summed E-state index contributed by atoms with van der Waals surface area (Å²) in [7, 11) is -3.43. The smallest absolute Gasteiger partial charge is 0.217 e. The van der Waals surface area contributed by atoms with Crippen LogP contribution in [0.5, 0.6) is 0 Å². The number of nitrogens with zero attached hydrogens (tertiary/aromatic N) is 1. The van der Waals surface area contributed by atoms with Crippen LogP contribution in [0.25, 0.3) is 0 Å². The highest BCUT2D eigenvalue weighted by atomic mass is 32.2. The van der Waals surface area contributed by atoms with Crippen LogP contribution in [0.15, 0.2) is 35.2 Å². The van der Waals surface area contributed by atoms with E-state index >= 15 is 0 Å². The first-order valence-electron chi connectivity index (χ1n) is 5.18. The summed E-state index contributed by atoms with van der Waals surface area (Å²) in [5, 5.41) is 10.7. The van der Waals surface area contributed by atoms with Crippen molar-refractivity contribution in [2.75, 3.05) is 5.75 Å². The van der Waals surface area contributed by atoms with Crippen molar-refractivity contribution in [2.45, 2.75) is 30.7 Å². The van der Waals surface area contributed by atoms with Gasteiger partial charge in [0, 0.05) is 25.2 Å². The average molecular weight is 257 g/mol. The summed E-state index contributed by atoms with van der Waals surface area (Å²) in [5.74, 6) is -0.217. The van der Waals surface area contributed by atoms with E-state index in [1.54, 1.807) is 18.2 Å². The molecule has 0 aliphatic carbocycles. The molecule has 0 heterocycles. The zero-order valence-electron chi connectivity index (χ0n) is 9.79. The van der Waals surface area contributed by atoms with Gasteiger partial charge in [0.25, 0.3) is 0 Å². The third-order valence-electron chi connectivity index (χ3n) is 2.58. The monoisotopic (exact) mass is 257 g/mol. The SMILES string of the molecule is CC(C)(CCS(=O)(=O)c1ccccc1)[N+](=O)[O-]. The molecule has 0 atom stereocenters. The molecule has 6 heteroatoms. The molecule has 0 radical (unpaired) electrons. The van der Waals surface area contributed by atoms with Gasteiger partial charge in [-0.2, -0.15) is 0 Å². The second kappa shape index (κ2) is 4.83. The molecule has 1 rings (SSSR count). The zero-order valence-corrected chi connectivity index (χ0v) is 10.6. The number of nitro groups is 1. The van der Waals surface area contributed by atoms with Gasteiger partial charge >= 0.3 is 0 Å². The summed E-state index contributed by atoms with van der Waals surface area (Å²) in [6, 6.07) is 7.97. The van der Waals surface area contributed by atoms with E-state index in [4.69, 9.17) is 0 Å². The summed E-state index contributed by atoms with van der Waals surface area (Å²) in [6.45, 7) is 2.85. The number of rotatable bonds is 5. The van der Waals surface area contributed by atoms with Crippen LogP contribution in [0.1, 0.15) is 20.3 Å². The van der Waals surface area contributed by atoms with Crippen molar-refractivity contribution in [3.05, 3.63) is 40.4 Å². The van der Waals surface area contributed by atoms with Gasteiger partial charge in [0.05, 0.1) is 10.6 Å². The van der Waals surface area contributed by atoms with E-state index in [0.29, 0.717) is 0 Å². The van der Waals surface area contributed by atoms with E-state index < -0.39 is 20.3 Å². The van der Waals surface area contributed by atoms with E-state index in [-0.39, 0.29) is 17.1 Å². The molecule has 0 aliphatic rings. The molecule has 5 nitrogen and oxygen atoms in total. The van der Waals surface area contributed by atoms with Crippen LogP contribution < -0.4 is 0 Å². The van der Waals surface area contributed by atoms with Crippen molar-refractivity contribution in [3.63, 3.8) is 0 Å². The highest BCUT2D eigenvalue weighted by molar-refractivity contribution is 7.91. The number of hydrogen-bond acceptors (Lipinski definition) is 4. The maximum atomic E-state index is 11.9. The summed E-state index contributed by atoms with van der Waals surface area (Å²) >= 11 is 0. The Balaban J connectivity index is 2.80. The fraction of sp³-hybridized carbons (Fsp3) is 0.455. The summed E-state index contributed by atoms with van der Waals surface area (Å²) in [6.07, 6.45) is -0.00275. The van der Waals surface area contributed by atoms with E-state index in [2.05, 4.69) is 0 Å². The fourth-order valence-electron chi connectivity index (χ4n) is 1.22. The molecule has 0 aromatic heterocycles. The Morgan fingerprint density at radius 1 is 1.24 bits per heavy atom. The molecule has 1 aromatic carbocycles. The Morgan fingerprint density at radius 2 is 1.76 bits per heavy atom. The van der Waals surface area contributed by atoms with Crippen LogP contribution in [0.2, 0.25) is 0 Å². The standard InChI is InChI=1S/C11H15NO4S/c1-11(2,12(13)14)8-9-17(15,16)10-6-4-3-5-7-10/h3-7H,8-9H2,1-2H3. The number of sulfone groups is 1. The quantitative estimate of drug-likeness (QED) is 0.596. The Morgan fingerprint density at radius 3 is 2.24 bits per heavy atom. The minimum atomic E-state index is -3.43. The third-order valence-corrected chi connectivity index (χ3v) is 4.31. The van der Waals surface area contributed by atoms with Gasteiger partial charge < -0.3 is 0 Å². The lowest BCUT2D eigenvalue weighted by Crippen LogP contribution is -2.33. The van der Waals surface area contributed by atoms with E-state index in [1.807, 2.05) is 0 Å². The Hall–Kier alpha value is -1.43. The molecule has 94 valence electrons. The molecule has 0 amide bonds. The van der Waals surface area contributed by atoms with Gasteiger partial charge in [-0.25, -0.2) is 8.42 Å². The molecule has 0 unspecified atom stereocenters. The molecule has 0 aliphatic heterocycles. The van der Waals surface area contributed by atoms with Crippen LogP contribution in [0.4, 0.5) is 0 Å². The Labute approximate surface area is 101 Å². The van der Waals surface area contributed by atoms with Crippen molar-refractivity contribution in [1.29, 1.82) is 0 Å². The van der Waals surface area contributed by atoms with Crippen molar-refractivity contribution in [2.24, 2.45) is 0 Å². The number of hydrogen-bond donors (Lipinski definition) is 0. The molecule has 0 N–H and O–H groups in total. The summed E-state index contributed by atoms with van der Waals surface area (Å²) < 4.78 is 23.8. The Bertz CT molecular complexity index is 493. The predicted octanol–water partition coefficient (Wildman–Crippen LogP) is 1.91. The van der Waals surface area contributed by atoms with Gasteiger partial charge in [-0.3, -0.25) is 10.1 Å². The van der Waals surface area contributed by atoms with E-state index in [9.17, 15) is 18.5 Å². The van der Waals surface area contributed by atoms with Crippen LogP contribution in [0, 0.1) is 10.1 Å². The minimum absolute atomic E-state index is 0.00275. The molecule has 0 saturated heterocycles. The molecule has 0 fully saturated rings. The van der Waals surface area contributed by atoms with Gasteiger partial charge in [0.2, 0.25) is 5.54 Å². The second-order valence-electron chi connectivity index (χ2n) is 4.45. The normalized spacial score (nSPS) is 12.4. The first-order valence-corrected chi connectivity index (χ1v) is 6.83. The lowest BCUT2D eigenvalue weighted by atomic mass is 10.0. The van der Waals surface area contributed by atoms with Crippen molar-refractivity contribution in [1.82, 2.24) is 0 Å². The lowest BCUT2D eigenvalue weighted by Gasteiger charge is -2.15. The average Bonchev–Trinajstić information content (AvgIpc) is 2.28. The molecule has 0 bridgehead atoms. The second-order valence-corrected chi connectivity index (χ2v) is 6.56. The zero-order chi connectivity index (χ0) is 13.1. The van der Waals surface area contributed by atoms with Crippen molar-refractivity contribution in [3.8, 4) is 0 Å². The van der Waals surface area contributed by atoms with Crippen LogP contribution in [-0.4, -0.2) is 24.6 Å². The highest BCUT2D eigenvalue weighted by Gasteiger charge is 2.32. The van der Waals surface area contributed by atoms with Gasteiger partial charge in [0.15, 0.2) is 9.84 Å². The molecule has 0 spiro atoms.